The fourth-order valence-electron chi connectivity index (χ4n) is 5.77. The van der Waals surface area contributed by atoms with Crippen LogP contribution in [0.15, 0.2) is 66.7 Å². The molecule has 3 aromatic rings. The van der Waals surface area contributed by atoms with Crippen molar-refractivity contribution in [2.45, 2.75) is 37.8 Å². The van der Waals surface area contributed by atoms with Crippen LogP contribution in [0.2, 0.25) is 0 Å². The molecule has 1 aliphatic heterocycles. The molecule has 0 spiro atoms. The number of ether oxygens (including phenoxy) is 1. The Morgan fingerprint density at radius 1 is 1.12 bits per heavy atom. The Labute approximate surface area is 240 Å². The van der Waals surface area contributed by atoms with Gasteiger partial charge in [-0.3, -0.25) is 4.79 Å². The van der Waals surface area contributed by atoms with E-state index >= 15 is 4.39 Å². The van der Waals surface area contributed by atoms with Gasteiger partial charge in [0.2, 0.25) is 0 Å². The third-order valence-corrected chi connectivity index (χ3v) is 7.82. The summed E-state index contributed by atoms with van der Waals surface area (Å²) >= 11 is 0. The molecule has 1 saturated heterocycles. The molecule has 4 rings (SSSR count). The van der Waals surface area contributed by atoms with Crippen LogP contribution in [0, 0.1) is 11.7 Å². The highest BCUT2D eigenvalue weighted by Crippen LogP contribution is 2.44. The number of rotatable bonds is 11. The summed E-state index contributed by atoms with van der Waals surface area (Å²) in [6.07, 6.45) is 0.662. The smallest absolute Gasteiger partial charge is 0.404 e. The van der Waals surface area contributed by atoms with Crippen LogP contribution in [0.1, 0.15) is 47.2 Å². The Morgan fingerprint density at radius 3 is 2.59 bits per heavy atom. The Balaban J connectivity index is 1.69. The molecule has 1 heterocycles. The average molecular weight is 564 g/mol. The summed E-state index contributed by atoms with van der Waals surface area (Å²) in [6.45, 7) is 1.67. The fourth-order valence-corrected chi connectivity index (χ4v) is 5.77. The molecule has 0 saturated carbocycles. The number of likely N-dealkylation sites (tertiary alicyclic amines) is 1. The molecule has 0 bridgehead atoms. The summed E-state index contributed by atoms with van der Waals surface area (Å²) in [7, 11) is 3.40. The predicted octanol–water partition coefficient (Wildman–Crippen LogP) is 5.01. The number of carboxylic acid groups (broad SMARTS) is 1. The molecule has 4 N–H and O–H groups in total. The maximum absolute atomic E-state index is 15.6. The first-order chi connectivity index (χ1) is 19.8. The molecular formula is C32H38FN3O5. The van der Waals surface area contributed by atoms with Crippen LogP contribution in [0.4, 0.5) is 9.18 Å². The molecule has 0 aromatic heterocycles. The van der Waals surface area contributed by atoms with Gasteiger partial charge < -0.3 is 30.5 Å². The molecule has 1 fully saturated rings. The SMILES string of the molecule is CNCc1ccc(C(=O)N2CCC[C@@H]([C@@](O)(CCCNC(=O)O)c3cccc(F)c3-c3cccc(OC)c3)C2)cc1. The lowest BCUT2D eigenvalue weighted by atomic mass is 9.72. The van der Waals surface area contributed by atoms with Crippen LogP contribution in [-0.2, 0) is 12.1 Å². The minimum absolute atomic E-state index is 0.118. The number of nitrogens with zero attached hydrogens (tertiary/aromatic N) is 1. The first-order valence-corrected chi connectivity index (χ1v) is 13.9. The van der Waals surface area contributed by atoms with Gasteiger partial charge in [-0.05, 0) is 79.8 Å². The van der Waals surface area contributed by atoms with Crippen molar-refractivity contribution in [1.82, 2.24) is 15.5 Å². The van der Waals surface area contributed by atoms with Gasteiger partial charge in [0.25, 0.3) is 5.91 Å². The largest absolute Gasteiger partial charge is 0.497 e. The normalized spacial score (nSPS) is 16.6. The van der Waals surface area contributed by atoms with Gasteiger partial charge in [-0.15, -0.1) is 0 Å². The molecule has 218 valence electrons. The van der Waals surface area contributed by atoms with Crippen LogP contribution in [0.25, 0.3) is 11.1 Å². The highest BCUT2D eigenvalue weighted by atomic mass is 19.1. The van der Waals surface area contributed by atoms with Crippen LogP contribution in [0.5, 0.6) is 5.75 Å². The van der Waals surface area contributed by atoms with Crippen molar-refractivity contribution in [2.24, 2.45) is 5.92 Å². The number of methoxy groups -OCH3 is 1. The minimum Gasteiger partial charge on any atom is -0.497 e. The van der Waals surface area contributed by atoms with E-state index < -0.39 is 23.4 Å². The zero-order valence-corrected chi connectivity index (χ0v) is 23.5. The number of piperidine rings is 1. The zero-order valence-electron chi connectivity index (χ0n) is 23.5. The molecule has 0 radical (unpaired) electrons. The lowest BCUT2D eigenvalue weighted by molar-refractivity contribution is -0.0564. The maximum atomic E-state index is 15.6. The second-order valence-corrected chi connectivity index (χ2v) is 10.5. The number of nitrogens with one attached hydrogen (secondary N) is 2. The molecule has 0 aliphatic carbocycles. The van der Waals surface area contributed by atoms with Gasteiger partial charge in [0, 0.05) is 43.2 Å². The van der Waals surface area contributed by atoms with E-state index in [-0.39, 0.29) is 31.0 Å². The Hall–Kier alpha value is -3.95. The van der Waals surface area contributed by atoms with Gasteiger partial charge >= 0.3 is 6.09 Å². The number of amides is 2. The van der Waals surface area contributed by atoms with Gasteiger partial charge in [0.15, 0.2) is 0 Å². The summed E-state index contributed by atoms with van der Waals surface area (Å²) in [5.74, 6) is -0.447. The predicted molar refractivity (Wildman–Crippen MR) is 155 cm³/mol. The number of carbonyl (C=O) groups excluding carboxylic acids is 1. The van der Waals surface area contributed by atoms with Crippen molar-refractivity contribution in [3.05, 3.63) is 89.2 Å². The van der Waals surface area contributed by atoms with E-state index in [0.717, 1.165) is 5.56 Å². The van der Waals surface area contributed by atoms with Crippen molar-refractivity contribution in [2.75, 3.05) is 33.8 Å². The number of hydrogen-bond acceptors (Lipinski definition) is 5. The highest BCUT2D eigenvalue weighted by Gasteiger charge is 2.43. The van der Waals surface area contributed by atoms with E-state index in [4.69, 9.17) is 9.84 Å². The molecular weight excluding hydrogens is 525 g/mol. The fraction of sp³-hybridized carbons (Fsp3) is 0.375. The Morgan fingerprint density at radius 2 is 1.88 bits per heavy atom. The minimum atomic E-state index is -1.53. The van der Waals surface area contributed by atoms with E-state index in [2.05, 4.69) is 10.6 Å². The molecule has 1 aliphatic rings. The van der Waals surface area contributed by atoms with Gasteiger partial charge in [0.1, 0.15) is 11.6 Å². The van der Waals surface area contributed by atoms with E-state index in [1.54, 1.807) is 41.3 Å². The van der Waals surface area contributed by atoms with Gasteiger partial charge in [-0.1, -0.05) is 36.4 Å². The van der Waals surface area contributed by atoms with Crippen LogP contribution >= 0.6 is 0 Å². The topological polar surface area (TPSA) is 111 Å². The average Bonchev–Trinajstić information content (AvgIpc) is 2.99. The number of carbonyl (C=O) groups is 2. The molecule has 2 atom stereocenters. The Bertz CT molecular complexity index is 1350. The summed E-state index contributed by atoms with van der Waals surface area (Å²) < 4.78 is 20.9. The quantitative estimate of drug-likeness (QED) is 0.244. The van der Waals surface area contributed by atoms with Gasteiger partial charge in [-0.2, -0.15) is 0 Å². The molecule has 3 aromatic carbocycles. The monoisotopic (exact) mass is 563 g/mol. The summed E-state index contributed by atoms with van der Waals surface area (Å²) in [5.41, 5.74) is 1.35. The lowest BCUT2D eigenvalue weighted by Gasteiger charge is -2.43. The van der Waals surface area contributed by atoms with Gasteiger partial charge in [0.05, 0.1) is 12.7 Å². The third kappa shape index (κ3) is 7.04. The van der Waals surface area contributed by atoms with Crippen molar-refractivity contribution in [3.8, 4) is 16.9 Å². The highest BCUT2D eigenvalue weighted by molar-refractivity contribution is 5.94. The lowest BCUT2D eigenvalue weighted by Crippen LogP contribution is -2.48. The first-order valence-electron chi connectivity index (χ1n) is 13.9. The molecule has 9 heteroatoms. The van der Waals surface area contributed by atoms with Crippen LogP contribution < -0.4 is 15.4 Å². The van der Waals surface area contributed by atoms with Crippen molar-refractivity contribution in [3.63, 3.8) is 0 Å². The van der Waals surface area contributed by atoms with Crippen molar-refractivity contribution >= 4 is 12.0 Å². The van der Waals surface area contributed by atoms with E-state index in [9.17, 15) is 14.7 Å². The summed E-state index contributed by atoms with van der Waals surface area (Å²) in [5, 5.41) is 27.0. The number of aliphatic hydroxyl groups is 1. The third-order valence-electron chi connectivity index (χ3n) is 7.82. The summed E-state index contributed by atoms with van der Waals surface area (Å²) in [4.78, 5) is 26.3. The van der Waals surface area contributed by atoms with E-state index in [1.807, 2.05) is 31.3 Å². The second kappa shape index (κ2) is 13.6. The molecule has 8 nitrogen and oxygen atoms in total. The van der Waals surface area contributed by atoms with Crippen molar-refractivity contribution in [1.29, 1.82) is 0 Å². The van der Waals surface area contributed by atoms with Crippen LogP contribution in [-0.4, -0.2) is 60.9 Å². The standard InChI is InChI=1S/C32H38FN3O5/c1-34-20-22-12-14-23(15-13-22)30(37)36-18-5-8-25(21-36)32(40,16-6-17-35-31(38)39)27-10-4-11-28(33)29(27)24-7-3-9-26(19-24)41-2/h3-4,7,9-15,19,25,34-35,40H,5-6,8,16-18,20-21H2,1-2H3,(H,38,39)/t25-,32+/m1/s1. The first kappa shape index (κ1) is 30.0. The molecule has 2 amide bonds. The number of halogens is 1. The molecule has 0 unspecified atom stereocenters. The van der Waals surface area contributed by atoms with Crippen LogP contribution in [0.3, 0.4) is 0 Å². The maximum Gasteiger partial charge on any atom is 0.404 e. The molecule has 41 heavy (non-hydrogen) atoms. The van der Waals surface area contributed by atoms with E-state index in [1.165, 1.54) is 13.2 Å². The summed E-state index contributed by atoms with van der Waals surface area (Å²) in [6, 6.07) is 19.2. The Kier molecular flexibility index (Phi) is 9.96. The van der Waals surface area contributed by atoms with Gasteiger partial charge in [-0.25, -0.2) is 9.18 Å². The second-order valence-electron chi connectivity index (χ2n) is 10.5. The van der Waals surface area contributed by atoms with Crippen molar-refractivity contribution < 1.29 is 28.9 Å². The van der Waals surface area contributed by atoms with E-state index in [0.29, 0.717) is 54.8 Å². The number of hydrogen-bond donors (Lipinski definition) is 4. The number of benzene rings is 3. The zero-order chi connectivity index (χ0) is 29.4.